The molecule has 4 N–H and O–H groups in total. The van der Waals surface area contributed by atoms with Crippen molar-refractivity contribution < 1.29 is 8.42 Å². The number of nitrogens with one attached hydrogen (secondary N) is 2. The van der Waals surface area contributed by atoms with Crippen LogP contribution in [0.3, 0.4) is 0 Å². The summed E-state index contributed by atoms with van der Waals surface area (Å²) in [5, 5.41) is 10.8. The minimum Gasteiger partial charge on any atom is -0.373 e. The topological polar surface area (TPSA) is 110 Å². The number of nitrogens with zero attached hydrogens (tertiary/aromatic N) is 2. The lowest BCUT2D eigenvalue weighted by atomic mass is 10.3. The van der Waals surface area contributed by atoms with Crippen molar-refractivity contribution in [2.45, 2.75) is 18.8 Å². The SMILES string of the molecule is CNc1cc(NCCS(N)(=O)=O)nc(C2CC2)n1. The van der Waals surface area contributed by atoms with E-state index in [1.54, 1.807) is 13.1 Å². The lowest BCUT2D eigenvalue weighted by Crippen LogP contribution is -2.22. The van der Waals surface area contributed by atoms with E-state index in [1.165, 1.54) is 0 Å². The Morgan fingerprint density at radius 3 is 2.61 bits per heavy atom. The molecule has 1 aromatic heterocycles. The van der Waals surface area contributed by atoms with Crippen LogP contribution in [-0.4, -0.2) is 37.7 Å². The van der Waals surface area contributed by atoms with Gasteiger partial charge in [-0.3, -0.25) is 0 Å². The van der Waals surface area contributed by atoms with Gasteiger partial charge in [0.15, 0.2) is 0 Å². The lowest BCUT2D eigenvalue weighted by Gasteiger charge is -2.09. The molecule has 0 amide bonds. The maximum Gasteiger partial charge on any atom is 0.210 e. The molecule has 0 radical (unpaired) electrons. The number of anilines is 2. The van der Waals surface area contributed by atoms with Gasteiger partial charge in [-0.25, -0.2) is 23.5 Å². The normalized spacial score (nSPS) is 15.4. The number of aromatic nitrogens is 2. The molecule has 1 saturated carbocycles. The highest BCUT2D eigenvalue weighted by Gasteiger charge is 2.27. The van der Waals surface area contributed by atoms with Gasteiger partial charge in [0, 0.05) is 25.6 Å². The van der Waals surface area contributed by atoms with Gasteiger partial charge in [-0.2, -0.15) is 0 Å². The summed E-state index contributed by atoms with van der Waals surface area (Å²) in [6.07, 6.45) is 2.23. The molecule has 0 bridgehead atoms. The third kappa shape index (κ3) is 3.81. The maximum atomic E-state index is 10.8. The first kappa shape index (κ1) is 13.0. The highest BCUT2D eigenvalue weighted by molar-refractivity contribution is 7.89. The van der Waals surface area contributed by atoms with Crippen LogP contribution in [0, 0.1) is 0 Å². The van der Waals surface area contributed by atoms with Crippen LogP contribution in [0.15, 0.2) is 6.07 Å². The zero-order chi connectivity index (χ0) is 13.2. The predicted octanol–water partition coefficient (Wildman–Crippen LogP) is 0.0961. The first-order valence-electron chi connectivity index (χ1n) is 5.79. The zero-order valence-electron chi connectivity index (χ0n) is 10.2. The molecule has 0 spiro atoms. The van der Waals surface area contributed by atoms with Crippen molar-refractivity contribution in [2.24, 2.45) is 5.14 Å². The third-order valence-electron chi connectivity index (χ3n) is 2.63. The largest absolute Gasteiger partial charge is 0.373 e. The maximum absolute atomic E-state index is 10.8. The van der Waals surface area contributed by atoms with E-state index in [0.29, 0.717) is 11.7 Å². The van der Waals surface area contributed by atoms with Crippen LogP contribution in [0.5, 0.6) is 0 Å². The minimum absolute atomic E-state index is 0.120. The quantitative estimate of drug-likeness (QED) is 0.676. The molecule has 1 aliphatic rings. The fourth-order valence-electron chi connectivity index (χ4n) is 1.53. The monoisotopic (exact) mass is 271 g/mol. The summed E-state index contributed by atoms with van der Waals surface area (Å²) in [6.45, 7) is 0.239. The molecular weight excluding hydrogens is 254 g/mol. The average Bonchev–Trinajstić information content (AvgIpc) is 3.10. The summed E-state index contributed by atoms with van der Waals surface area (Å²) in [6, 6.07) is 1.75. The molecule has 0 unspecified atom stereocenters. The third-order valence-corrected chi connectivity index (χ3v) is 3.41. The fraction of sp³-hybridized carbons (Fsp3) is 0.600. The van der Waals surface area contributed by atoms with Crippen LogP contribution in [0.4, 0.5) is 11.6 Å². The molecule has 100 valence electrons. The van der Waals surface area contributed by atoms with Crippen LogP contribution in [-0.2, 0) is 10.0 Å². The molecule has 1 heterocycles. The second-order valence-corrected chi connectivity index (χ2v) is 6.05. The Morgan fingerprint density at radius 2 is 2.06 bits per heavy atom. The Labute approximate surface area is 106 Å². The van der Waals surface area contributed by atoms with Gasteiger partial charge < -0.3 is 10.6 Å². The Balaban J connectivity index is 2.04. The number of nitrogens with two attached hydrogens (primary N) is 1. The standard InChI is InChI=1S/C10H17N5O2S/c1-12-8-6-9(13-4-5-18(11,16)17)15-10(14-8)7-2-3-7/h6-7H,2-5H2,1H3,(H2,11,16,17)(H2,12,13,14,15). The summed E-state index contributed by atoms with van der Waals surface area (Å²) >= 11 is 0. The first-order chi connectivity index (χ1) is 8.48. The highest BCUT2D eigenvalue weighted by Crippen LogP contribution is 2.38. The zero-order valence-corrected chi connectivity index (χ0v) is 11.0. The molecule has 2 rings (SSSR count). The van der Waals surface area contributed by atoms with Gasteiger partial charge in [-0.1, -0.05) is 0 Å². The van der Waals surface area contributed by atoms with Gasteiger partial charge in [-0.05, 0) is 12.8 Å². The molecule has 1 aromatic rings. The number of rotatable bonds is 6. The van der Waals surface area contributed by atoms with Gasteiger partial charge in [0.05, 0.1) is 5.75 Å². The summed E-state index contributed by atoms with van der Waals surface area (Å²) in [7, 11) is -1.66. The van der Waals surface area contributed by atoms with Crippen molar-refractivity contribution in [3.8, 4) is 0 Å². The smallest absolute Gasteiger partial charge is 0.210 e. The van der Waals surface area contributed by atoms with E-state index >= 15 is 0 Å². The van der Waals surface area contributed by atoms with E-state index in [4.69, 9.17) is 5.14 Å². The van der Waals surface area contributed by atoms with Crippen LogP contribution in [0.2, 0.25) is 0 Å². The summed E-state index contributed by atoms with van der Waals surface area (Å²) in [5.74, 6) is 2.48. The number of sulfonamides is 1. The Morgan fingerprint density at radius 1 is 1.39 bits per heavy atom. The molecule has 1 fully saturated rings. The van der Waals surface area contributed by atoms with Crippen LogP contribution >= 0.6 is 0 Å². The van der Waals surface area contributed by atoms with Gasteiger partial charge in [0.25, 0.3) is 0 Å². The summed E-state index contributed by atoms with van der Waals surface area (Å²) in [4.78, 5) is 8.73. The molecule has 0 atom stereocenters. The van der Waals surface area contributed by atoms with Gasteiger partial charge >= 0.3 is 0 Å². The van der Waals surface area contributed by atoms with Crippen LogP contribution in [0.1, 0.15) is 24.6 Å². The van der Waals surface area contributed by atoms with Gasteiger partial charge in [-0.15, -0.1) is 0 Å². The second kappa shape index (κ2) is 5.07. The molecule has 1 aliphatic carbocycles. The molecule has 7 nitrogen and oxygen atoms in total. The lowest BCUT2D eigenvalue weighted by molar-refractivity contribution is 0.598. The number of hydrogen-bond acceptors (Lipinski definition) is 6. The van der Waals surface area contributed by atoms with E-state index < -0.39 is 10.0 Å². The Hall–Kier alpha value is -1.41. The molecule has 0 aromatic carbocycles. The summed E-state index contributed by atoms with van der Waals surface area (Å²) in [5.41, 5.74) is 0. The van der Waals surface area contributed by atoms with Crippen LogP contribution in [0.25, 0.3) is 0 Å². The van der Waals surface area contributed by atoms with Crippen molar-refractivity contribution in [3.63, 3.8) is 0 Å². The predicted molar refractivity (Wildman–Crippen MR) is 70.0 cm³/mol. The van der Waals surface area contributed by atoms with Crippen molar-refractivity contribution >= 4 is 21.7 Å². The number of hydrogen-bond donors (Lipinski definition) is 3. The highest BCUT2D eigenvalue weighted by atomic mass is 32.2. The Kier molecular flexibility index (Phi) is 3.67. The van der Waals surface area contributed by atoms with Gasteiger partial charge in [0.2, 0.25) is 10.0 Å². The average molecular weight is 271 g/mol. The minimum atomic E-state index is -3.45. The molecule has 8 heteroatoms. The molecule has 0 saturated heterocycles. The van der Waals surface area contributed by atoms with Crippen molar-refractivity contribution in [3.05, 3.63) is 11.9 Å². The van der Waals surface area contributed by atoms with E-state index in [-0.39, 0.29) is 12.3 Å². The van der Waals surface area contributed by atoms with E-state index in [0.717, 1.165) is 24.5 Å². The first-order valence-corrected chi connectivity index (χ1v) is 7.50. The number of primary sulfonamides is 1. The van der Waals surface area contributed by atoms with Crippen molar-refractivity contribution in [1.29, 1.82) is 0 Å². The van der Waals surface area contributed by atoms with Gasteiger partial charge in [0.1, 0.15) is 17.5 Å². The molecular formula is C10H17N5O2S. The Bertz CT molecular complexity index is 527. The van der Waals surface area contributed by atoms with Crippen LogP contribution < -0.4 is 15.8 Å². The second-order valence-electron chi connectivity index (χ2n) is 4.31. The van der Waals surface area contributed by atoms with E-state index in [9.17, 15) is 8.42 Å². The molecule has 0 aliphatic heterocycles. The molecule has 18 heavy (non-hydrogen) atoms. The van der Waals surface area contributed by atoms with E-state index in [1.807, 2.05) is 0 Å². The summed E-state index contributed by atoms with van der Waals surface area (Å²) < 4.78 is 21.6. The van der Waals surface area contributed by atoms with Crippen molar-refractivity contribution in [1.82, 2.24) is 9.97 Å². The fourth-order valence-corrected chi connectivity index (χ4v) is 1.92. The van der Waals surface area contributed by atoms with E-state index in [2.05, 4.69) is 20.6 Å². The van der Waals surface area contributed by atoms with Crippen molar-refractivity contribution in [2.75, 3.05) is 30.0 Å².